The van der Waals surface area contributed by atoms with Crippen molar-refractivity contribution in [1.29, 1.82) is 0 Å². The van der Waals surface area contributed by atoms with E-state index in [1.807, 2.05) is 19.2 Å². The fourth-order valence-corrected chi connectivity index (χ4v) is 3.88. The number of nitrogens with zero attached hydrogens (tertiary/aromatic N) is 2. The van der Waals surface area contributed by atoms with Crippen LogP contribution < -0.4 is 10.9 Å². The van der Waals surface area contributed by atoms with Gasteiger partial charge in [-0.15, -0.1) is 0 Å². The molecule has 24 heavy (non-hydrogen) atoms. The number of carbonyl (C=O) groups excluding carboxylic acids is 1. The topological polar surface area (TPSA) is 64.0 Å². The van der Waals surface area contributed by atoms with Crippen LogP contribution in [0.3, 0.4) is 0 Å². The van der Waals surface area contributed by atoms with Crippen LogP contribution in [-0.4, -0.2) is 21.2 Å². The Morgan fingerprint density at radius 2 is 2.21 bits per heavy atom. The van der Waals surface area contributed by atoms with Crippen molar-refractivity contribution in [3.05, 3.63) is 50.8 Å². The number of hydrogen-bond donors (Lipinski definition) is 1. The van der Waals surface area contributed by atoms with Crippen molar-refractivity contribution in [2.45, 2.75) is 30.8 Å². The van der Waals surface area contributed by atoms with Crippen LogP contribution in [0.2, 0.25) is 5.02 Å². The van der Waals surface area contributed by atoms with Gasteiger partial charge in [0.25, 0.3) is 5.56 Å². The molecule has 1 atom stereocenters. The van der Waals surface area contributed by atoms with Crippen LogP contribution in [0.1, 0.15) is 36.8 Å². The predicted octanol–water partition coefficient (Wildman–Crippen LogP) is 3.41. The summed E-state index contributed by atoms with van der Waals surface area (Å²) >= 11 is 7.59. The van der Waals surface area contributed by atoms with E-state index in [-0.39, 0.29) is 23.8 Å². The minimum atomic E-state index is -0.330. The molecular formula is C17H18ClN3O2S. The van der Waals surface area contributed by atoms with E-state index in [9.17, 15) is 9.59 Å². The van der Waals surface area contributed by atoms with E-state index < -0.39 is 0 Å². The summed E-state index contributed by atoms with van der Waals surface area (Å²) in [5.41, 5.74) is 1.10. The largest absolute Gasteiger partial charge is 0.312 e. The molecule has 5 nitrogen and oxygen atoms in total. The third kappa shape index (κ3) is 3.21. The van der Waals surface area contributed by atoms with Gasteiger partial charge in [0.2, 0.25) is 5.91 Å². The number of halogens is 1. The summed E-state index contributed by atoms with van der Waals surface area (Å²) in [6, 6.07) is 7.29. The van der Waals surface area contributed by atoms with Crippen LogP contribution >= 0.6 is 23.4 Å². The van der Waals surface area contributed by atoms with Crippen molar-refractivity contribution >= 4 is 35.1 Å². The number of amides is 1. The second-order valence-corrected chi connectivity index (χ2v) is 7.23. The Hall–Kier alpha value is -1.79. The smallest absolute Gasteiger partial charge is 0.279 e. The second-order valence-electron chi connectivity index (χ2n) is 5.73. The van der Waals surface area contributed by atoms with Crippen LogP contribution in [0.4, 0.5) is 5.82 Å². The van der Waals surface area contributed by atoms with Gasteiger partial charge < -0.3 is 9.88 Å². The molecule has 1 aliphatic rings. The maximum Gasteiger partial charge on any atom is 0.279 e. The Labute approximate surface area is 149 Å². The van der Waals surface area contributed by atoms with Gasteiger partial charge in [-0.2, -0.15) is 4.98 Å². The molecule has 0 saturated heterocycles. The molecule has 1 amide bonds. The molecule has 2 heterocycles. The molecule has 1 aromatic heterocycles. The molecule has 0 saturated carbocycles. The summed E-state index contributed by atoms with van der Waals surface area (Å²) in [4.78, 5) is 29.1. The average Bonchev–Trinajstić information content (AvgIpc) is 2.56. The van der Waals surface area contributed by atoms with E-state index in [0.717, 1.165) is 17.7 Å². The fraction of sp³-hybridized carbons (Fsp3) is 0.353. The Balaban J connectivity index is 2.14. The quantitative estimate of drug-likeness (QED) is 0.667. The summed E-state index contributed by atoms with van der Waals surface area (Å²) in [5, 5.41) is 4.04. The molecule has 1 N–H and O–H groups in total. The standard InChI is InChI=1S/C17H18ClN3O2S/c1-3-7-24-17-20-16(23)14-12(10-5-4-6-11(18)8-10)9-13(22)19-15(14)21(17)2/h4-6,8,12H,3,7,9H2,1-2H3,(H,19,22)/t12-/m1/s1. The Kier molecular flexibility index (Phi) is 4.96. The number of nitrogens with one attached hydrogen (secondary N) is 1. The van der Waals surface area contributed by atoms with Crippen molar-refractivity contribution in [3.8, 4) is 0 Å². The molecule has 0 fully saturated rings. The van der Waals surface area contributed by atoms with Gasteiger partial charge >= 0.3 is 0 Å². The number of benzene rings is 1. The van der Waals surface area contributed by atoms with Crippen molar-refractivity contribution in [3.63, 3.8) is 0 Å². The maximum atomic E-state index is 12.7. The molecular weight excluding hydrogens is 346 g/mol. The van der Waals surface area contributed by atoms with E-state index in [4.69, 9.17) is 11.6 Å². The van der Waals surface area contributed by atoms with E-state index in [2.05, 4.69) is 17.2 Å². The maximum absolute atomic E-state index is 12.7. The average molecular weight is 364 g/mol. The number of carbonyl (C=O) groups is 1. The lowest BCUT2D eigenvalue weighted by molar-refractivity contribution is -0.116. The minimum Gasteiger partial charge on any atom is -0.312 e. The van der Waals surface area contributed by atoms with Crippen LogP contribution in [0.25, 0.3) is 0 Å². The monoisotopic (exact) mass is 363 g/mol. The lowest BCUT2D eigenvalue weighted by Crippen LogP contribution is -2.33. The summed E-state index contributed by atoms with van der Waals surface area (Å²) < 4.78 is 1.80. The zero-order valence-corrected chi connectivity index (χ0v) is 15.1. The molecule has 1 aromatic carbocycles. The van der Waals surface area contributed by atoms with Crippen molar-refractivity contribution in [2.24, 2.45) is 7.05 Å². The van der Waals surface area contributed by atoms with Gasteiger partial charge in [-0.3, -0.25) is 9.59 Å². The van der Waals surface area contributed by atoms with Gasteiger partial charge in [-0.1, -0.05) is 42.4 Å². The zero-order chi connectivity index (χ0) is 17.3. The highest BCUT2D eigenvalue weighted by Gasteiger charge is 2.32. The third-order valence-electron chi connectivity index (χ3n) is 3.99. The molecule has 126 valence electrons. The van der Waals surface area contributed by atoms with Crippen molar-refractivity contribution < 1.29 is 4.79 Å². The number of rotatable bonds is 4. The third-order valence-corrected chi connectivity index (χ3v) is 5.46. The molecule has 0 unspecified atom stereocenters. The number of fused-ring (bicyclic) bond motifs is 1. The van der Waals surface area contributed by atoms with Gasteiger partial charge in [0, 0.05) is 30.2 Å². The fourth-order valence-electron chi connectivity index (χ4n) is 2.87. The molecule has 7 heteroatoms. The summed E-state index contributed by atoms with van der Waals surface area (Å²) in [5.74, 6) is 0.962. The number of hydrogen-bond acceptors (Lipinski definition) is 4. The zero-order valence-electron chi connectivity index (χ0n) is 13.5. The SMILES string of the molecule is CCCSc1nc(=O)c2c(n1C)NC(=O)C[C@@H]2c1cccc(Cl)c1. The van der Waals surface area contributed by atoms with Crippen LogP contribution in [-0.2, 0) is 11.8 Å². The first-order valence-electron chi connectivity index (χ1n) is 7.80. The second kappa shape index (κ2) is 6.99. The predicted molar refractivity (Wildman–Crippen MR) is 97.0 cm³/mol. The highest BCUT2D eigenvalue weighted by atomic mass is 35.5. The van der Waals surface area contributed by atoms with E-state index in [0.29, 0.717) is 21.6 Å². The molecule has 2 aromatic rings. The number of aromatic nitrogens is 2. The van der Waals surface area contributed by atoms with Gasteiger partial charge in [0.1, 0.15) is 5.82 Å². The molecule has 1 aliphatic heterocycles. The lowest BCUT2D eigenvalue weighted by Gasteiger charge is -2.27. The van der Waals surface area contributed by atoms with Crippen LogP contribution in [0, 0.1) is 0 Å². The highest BCUT2D eigenvalue weighted by Crippen LogP contribution is 2.36. The first-order valence-corrected chi connectivity index (χ1v) is 9.16. The van der Waals surface area contributed by atoms with Gasteiger partial charge in [-0.05, 0) is 24.1 Å². The Bertz CT molecular complexity index is 850. The van der Waals surface area contributed by atoms with E-state index in [1.165, 1.54) is 11.8 Å². The summed E-state index contributed by atoms with van der Waals surface area (Å²) in [7, 11) is 1.82. The molecule has 3 rings (SSSR count). The summed E-state index contributed by atoms with van der Waals surface area (Å²) in [6.45, 7) is 2.07. The van der Waals surface area contributed by atoms with Crippen LogP contribution in [0.15, 0.2) is 34.2 Å². The molecule has 0 aliphatic carbocycles. The molecule has 0 spiro atoms. The van der Waals surface area contributed by atoms with Crippen molar-refractivity contribution in [1.82, 2.24) is 9.55 Å². The lowest BCUT2D eigenvalue weighted by atomic mass is 9.87. The molecule has 0 bridgehead atoms. The molecule has 0 radical (unpaired) electrons. The normalized spacial score (nSPS) is 16.6. The van der Waals surface area contributed by atoms with Gasteiger partial charge in [0.15, 0.2) is 5.16 Å². The van der Waals surface area contributed by atoms with Gasteiger partial charge in [0.05, 0.1) is 5.56 Å². The highest BCUT2D eigenvalue weighted by molar-refractivity contribution is 7.99. The van der Waals surface area contributed by atoms with Crippen molar-refractivity contribution in [2.75, 3.05) is 11.1 Å². The van der Waals surface area contributed by atoms with Crippen LogP contribution in [0.5, 0.6) is 0 Å². The Morgan fingerprint density at radius 3 is 2.92 bits per heavy atom. The van der Waals surface area contributed by atoms with E-state index >= 15 is 0 Å². The number of anilines is 1. The Morgan fingerprint density at radius 1 is 1.42 bits per heavy atom. The van der Waals surface area contributed by atoms with Gasteiger partial charge in [-0.25, -0.2) is 0 Å². The first-order chi connectivity index (χ1) is 11.5. The summed E-state index contributed by atoms with van der Waals surface area (Å²) in [6.07, 6.45) is 1.20. The van der Waals surface area contributed by atoms with E-state index in [1.54, 1.807) is 16.7 Å². The first kappa shape index (κ1) is 17.0. The number of thioether (sulfide) groups is 1. The minimum absolute atomic E-state index is 0.111.